The number of ether oxygens (including phenoxy) is 1. The highest BCUT2D eigenvalue weighted by Gasteiger charge is 2.35. The average molecular weight is 315 g/mol. The molecule has 0 amide bonds. The zero-order valence-electron chi connectivity index (χ0n) is 12.0. The third kappa shape index (κ3) is 2.12. The first-order valence-corrected chi connectivity index (χ1v) is 8.95. The second kappa shape index (κ2) is 5.11. The van der Waals surface area contributed by atoms with Crippen LogP contribution in [0.25, 0.3) is 0 Å². The SMILES string of the molecule is O=S(=O)(c1ccccc1)c1ccc2c(c1)C1CCNC1CO2. The highest BCUT2D eigenvalue weighted by Crippen LogP contribution is 2.40. The van der Waals surface area contributed by atoms with Crippen molar-refractivity contribution in [3.8, 4) is 5.75 Å². The van der Waals surface area contributed by atoms with Gasteiger partial charge in [0.2, 0.25) is 9.84 Å². The van der Waals surface area contributed by atoms with Crippen LogP contribution in [0.4, 0.5) is 0 Å². The van der Waals surface area contributed by atoms with E-state index in [1.807, 2.05) is 6.07 Å². The van der Waals surface area contributed by atoms with E-state index in [0.29, 0.717) is 28.4 Å². The van der Waals surface area contributed by atoms with E-state index in [1.54, 1.807) is 42.5 Å². The van der Waals surface area contributed by atoms with Gasteiger partial charge in [0.05, 0.1) is 9.79 Å². The van der Waals surface area contributed by atoms with Crippen LogP contribution in [0.2, 0.25) is 0 Å². The Bertz CT molecular complexity index is 802. The zero-order valence-corrected chi connectivity index (χ0v) is 12.8. The minimum atomic E-state index is -3.48. The van der Waals surface area contributed by atoms with Gasteiger partial charge in [0.15, 0.2) is 0 Å². The summed E-state index contributed by atoms with van der Waals surface area (Å²) in [6, 6.07) is 14.1. The fourth-order valence-electron chi connectivity index (χ4n) is 3.35. The zero-order chi connectivity index (χ0) is 15.2. The number of hydrogen-bond donors (Lipinski definition) is 1. The van der Waals surface area contributed by atoms with Crippen LogP contribution in [0, 0.1) is 0 Å². The maximum absolute atomic E-state index is 12.8. The molecule has 2 unspecified atom stereocenters. The van der Waals surface area contributed by atoms with Gasteiger partial charge in [-0.25, -0.2) is 8.42 Å². The maximum atomic E-state index is 12.8. The molecule has 0 bridgehead atoms. The fraction of sp³-hybridized carbons (Fsp3) is 0.294. The highest BCUT2D eigenvalue weighted by molar-refractivity contribution is 7.91. The van der Waals surface area contributed by atoms with Crippen LogP contribution in [0.1, 0.15) is 17.9 Å². The largest absolute Gasteiger partial charge is 0.492 e. The van der Waals surface area contributed by atoms with Crippen molar-refractivity contribution in [1.82, 2.24) is 5.32 Å². The van der Waals surface area contributed by atoms with Crippen molar-refractivity contribution >= 4 is 9.84 Å². The van der Waals surface area contributed by atoms with Crippen molar-refractivity contribution in [3.63, 3.8) is 0 Å². The second-order valence-electron chi connectivity index (χ2n) is 5.78. The molecular weight excluding hydrogens is 298 g/mol. The number of hydrogen-bond acceptors (Lipinski definition) is 4. The van der Waals surface area contributed by atoms with Gasteiger partial charge in [-0.15, -0.1) is 0 Å². The average Bonchev–Trinajstić information content (AvgIpc) is 3.04. The number of nitrogens with one attached hydrogen (secondary N) is 1. The molecule has 2 atom stereocenters. The smallest absolute Gasteiger partial charge is 0.206 e. The van der Waals surface area contributed by atoms with Crippen molar-refractivity contribution in [2.24, 2.45) is 0 Å². The van der Waals surface area contributed by atoms with Gasteiger partial charge in [0, 0.05) is 17.5 Å². The Morgan fingerprint density at radius 2 is 1.86 bits per heavy atom. The lowest BCUT2D eigenvalue weighted by Gasteiger charge is -2.28. The lowest BCUT2D eigenvalue weighted by molar-refractivity contribution is 0.239. The summed E-state index contributed by atoms with van der Waals surface area (Å²) in [6.07, 6.45) is 1.02. The van der Waals surface area contributed by atoms with Crippen molar-refractivity contribution in [3.05, 3.63) is 54.1 Å². The topological polar surface area (TPSA) is 55.4 Å². The number of sulfone groups is 1. The number of rotatable bonds is 2. The molecule has 2 aliphatic rings. The summed E-state index contributed by atoms with van der Waals surface area (Å²) < 4.78 is 31.3. The standard InChI is InChI=1S/C17H17NO3S/c19-22(20,12-4-2-1-3-5-12)13-6-7-17-15(10-13)14-8-9-18-16(14)11-21-17/h1-7,10,14,16,18H,8-9,11H2. The number of fused-ring (bicyclic) bond motifs is 3. The summed E-state index contributed by atoms with van der Waals surface area (Å²) in [4.78, 5) is 0.668. The van der Waals surface area contributed by atoms with E-state index < -0.39 is 9.84 Å². The van der Waals surface area contributed by atoms with Crippen molar-refractivity contribution < 1.29 is 13.2 Å². The van der Waals surface area contributed by atoms with E-state index >= 15 is 0 Å². The molecule has 4 nitrogen and oxygen atoms in total. The molecule has 2 aromatic carbocycles. The number of benzene rings is 2. The van der Waals surface area contributed by atoms with E-state index in [1.165, 1.54) is 0 Å². The summed E-state index contributed by atoms with van der Waals surface area (Å²) in [7, 11) is -3.48. The molecule has 2 aliphatic heterocycles. The molecule has 1 fully saturated rings. The maximum Gasteiger partial charge on any atom is 0.206 e. The quantitative estimate of drug-likeness (QED) is 0.924. The van der Waals surface area contributed by atoms with Gasteiger partial charge in [-0.1, -0.05) is 18.2 Å². The molecule has 0 aromatic heterocycles. The molecule has 4 rings (SSSR count). The van der Waals surface area contributed by atoms with Gasteiger partial charge in [-0.05, 0) is 43.3 Å². The third-order valence-electron chi connectivity index (χ3n) is 4.51. The van der Waals surface area contributed by atoms with Crippen LogP contribution in [-0.4, -0.2) is 27.6 Å². The minimum absolute atomic E-state index is 0.294. The van der Waals surface area contributed by atoms with Gasteiger partial charge in [0.1, 0.15) is 12.4 Å². The first-order chi connectivity index (χ1) is 10.7. The molecule has 0 aliphatic carbocycles. The Balaban J connectivity index is 1.80. The summed E-state index contributed by atoms with van der Waals surface area (Å²) in [5.74, 6) is 1.16. The molecular formula is C17H17NO3S. The van der Waals surface area contributed by atoms with E-state index in [2.05, 4.69) is 5.32 Å². The molecule has 114 valence electrons. The minimum Gasteiger partial charge on any atom is -0.492 e. The van der Waals surface area contributed by atoms with E-state index in [-0.39, 0.29) is 0 Å². The van der Waals surface area contributed by atoms with Crippen LogP contribution in [0.5, 0.6) is 5.75 Å². The Morgan fingerprint density at radius 3 is 2.68 bits per heavy atom. The molecule has 1 N–H and O–H groups in total. The summed E-state index contributed by atoms with van der Waals surface area (Å²) in [5.41, 5.74) is 1.01. The Kier molecular flexibility index (Phi) is 3.20. The predicted octanol–water partition coefficient (Wildman–Crippen LogP) is 2.36. The van der Waals surface area contributed by atoms with Crippen molar-refractivity contribution in [2.75, 3.05) is 13.2 Å². The molecule has 0 saturated carbocycles. The predicted molar refractivity (Wildman–Crippen MR) is 83.0 cm³/mol. The summed E-state index contributed by atoms with van der Waals surface area (Å²) >= 11 is 0. The van der Waals surface area contributed by atoms with Gasteiger partial charge < -0.3 is 10.1 Å². The van der Waals surface area contributed by atoms with Crippen LogP contribution in [0.15, 0.2) is 58.3 Å². The molecule has 2 aromatic rings. The summed E-state index contributed by atoms with van der Waals surface area (Å²) in [5, 5.41) is 3.41. The Morgan fingerprint density at radius 1 is 1.05 bits per heavy atom. The van der Waals surface area contributed by atoms with Crippen LogP contribution in [-0.2, 0) is 9.84 Å². The molecule has 22 heavy (non-hydrogen) atoms. The monoisotopic (exact) mass is 315 g/mol. The van der Waals surface area contributed by atoms with E-state index in [0.717, 1.165) is 24.3 Å². The first-order valence-electron chi connectivity index (χ1n) is 7.46. The highest BCUT2D eigenvalue weighted by atomic mass is 32.2. The molecule has 2 heterocycles. The molecule has 0 spiro atoms. The van der Waals surface area contributed by atoms with Crippen molar-refractivity contribution in [2.45, 2.75) is 28.2 Å². The lowest BCUT2D eigenvalue weighted by atomic mass is 9.90. The van der Waals surface area contributed by atoms with E-state index in [4.69, 9.17) is 4.74 Å². The van der Waals surface area contributed by atoms with Gasteiger partial charge in [0.25, 0.3) is 0 Å². The fourth-order valence-corrected chi connectivity index (χ4v) is 4.66. The van der Waals surface area contributed by atoms with Gasteiger partial charge in [-0.3, -0.25) is 0 Å². The molecule has 1 saturated heterocycles. The van der Waals surface area contributed by atoms with Crippen LogP contribution < -0.4 is 10.1 Å². The normalized spacial score (nSPS) is 23.5. The van der Waals surface area contributed by atoms with Gasteiger partial charge >= 0.3 is 0 Å². The van der Waals surface area contributed by atoms with E-state index in [9.17, 15) is 8.42 Å². The van der Waals surface area contributed by atoms with Crippen LogP contribution >= 0.6 is 0 Å². The van der Waals surface area contributed by atoms with Crippen LogP contribution in [0.3, 0.4) is 0 Å². The van der Waals surface area contributed by atoms with Gasteiger partial charge in [-0.2, -0.15) is 0 Å². The molecule has 0 radical (unpaired) electrons. The second-order valence-corrected chi connectivity index (χ2v) is 7.73. The van der Waals surface area contributed by atoms with Crippen molar-refractivity contribution in [1.29, 1.82) is 0 Å². The third-order valence-corrected chi connectivity index (χ3v) is 6.28. The molecule has 5 heteroatoms. The first kappa shape index (κ1) is 13.8. The summed E-state index contributed by atoms with van der Waals surface area (Å²) in [6.45, 7) is 1.61. The Hall–Kier alpha value is -1.85. The Labute approximate surface area is 130 Å². The lowest BCUT2D eigenvalue weighted by Crippen LogP contribution is -2.35.